The van der Waals surface area contributed by atoms with E-state index in [1.165, 1.54) is 5.56 Å². The van der Waals surface area contributed by atoms with Crippen LogP contribution in [0, 0.1) is 0 Å². The molecule has 0 bridgehead atoms. The van der Waals surface area contributed by atoms with E-state index in [2.05, 4.69) is 27.7 Å². The van der Waals surface area contributed by atoms with Crippen LogP contribution in [0.1, 0.15) is 16.7 Å². The number of amides is 2. The lowest BCUT2D eigenvalue weighted by molar-refractivity contribution is 0.251. The van der Waals surface area contributed by atoms with Gasteiger partial charge in [-0.1, -0.05) is 60.7 Å². The number of carbonyl (C=O) groups excluding carboxylic acids is 1. The molecule has 0 saturated carbocycles. The Balaban J connectivity index is 1.55. The Bertz CT molecular complexity index is 926. The van der Waals surface area contributed by atoms with Crippen LogP contribution in [0.4, 0.5) is 10.5 Å². The van der Waals surface area contributed by atoms with Crippen LogP contribution in [0.25, 0.3) is 0 Å². The van der Waals surface area contributed by atoms with Crippen LogP contribution < -0.4 is 15.4 Å². The highest BCUT2D eigenvalue weighted by molar-refractivity contribution is 5.90. The number of para-hydroxylation sites is 2. The largest absolute Gasteiger partial charge is 0.489 e. The maximum atomic E-state index is 12.4. The fraction of sp³-hybridized carbons (Fsp3) is 0.208. The van der Waals surface area contributed by atoms with E-state index in [4.69, 9.17) is 4.74 Å². The van der Waals surface area contributed by atoms with Gasteiger partial charge in [0.05, 0.1) is 0 Å². The number of ether oxygens (including phenoxy) is 1. The van der Waals surface area contributed by atoms with Crippen molar-refractivity contribution in [2.24, 2.45) is 0 Å². The number of carbonyl (C=O) groups is 1. The lowest BCUT2D eigenvalue weighted by atomic mass is 10.1. The van der Waals surface area contributed by atoms with E-state index < -0.39 is 0 Å². The van der Waals surface area contributed by atoms with Crippen molar-refractivity contribution in [3.05, 3.63) is 95.6 Å². The van der Waals surface area contributed by atoms with Crippen LogP contribution in [-0.2, 0) is 19.7 Å². The Labute approximate surface area is 172 Å². The van der Waals surface area contributed by atoms with Gasteiger partial charge in [0.2, 0.25) is 0 Å². The number of anilines is 1. The van der Waals surface area contributed by atoms with Gasteiger partial charge in [-0.25, -0.2) is 4.79 Å². The number of urea groups is 1. The zero-order valence-electron chi connectivity index (χ0n) is 16.9. The minimum atomic E-state index is -0.241. The molecule has 150 valence electrons. The van der Waals surface area contributed by atoms with Gasteiger partial charge in [0, 0.05) is 24.3 Å². The third-order valence-electron chi connectivity index (χ3n) is 4.35. The lowest BCUT2D eigenvalue weighted by Gasteiger charge is -2.14. The van der Waals surface area contributed by atoms with Crippen molar-refractivity contribution < 1.29 is 9.53 Å². The van der Waals surface area contributed by atoms with Crippen molar-refractivity contribution in [2.75, 3.05) is 19.4 Å². The Morgan fingerprint density at radius 1 is 0.897 bits per heavy atom. The highest BCUT2D eigenvalue weighted by Gasteiger charge is 2.07. The van der Waals surface area contributed by atoms with Gasteiger partial charge in [-0.3, -0.25) is 0 Å². The molecular weight excluding hydrogens is 362 g/mol. The maximum Gasteiger partial charge on any atom is 0.319 e. The predicted molar refractivity (Wildman–Crippen MR) is 117 cm³/mol. The SMILES string of the molecule is CN(C)Cc1cccc(CNC(=O)Nc2ccccc2COc2ccccc2)c1. The third kappa shape index (κ3) is 6.66. The Morgan fingerprint density at radius 3 is 2.41 bits per heavy atom. The van der Waals surface area contributed by atoms with Crippen molar-refractivity contribution in [3.63, 3.8) is 0 Å². The van der Waals surface area contributed by atoms with E-state index in [0.717, 1.165) is 29.1 Å². The lowest BCUT2D eigenvalue weighted by Crippen LogP contribution is -2.28. The molecule has 2 amide bonds. The highest BCUT2D eigenvalue weighted by atomic mass is 16.5. The first-order chi connectivity index (χ1) is 14.1. The van der Waals surface area contributed by atoms with Gasteiger partial charge in [0.25, 0.3) is 0 Å². The van der Waals surface area contributed by atoms with Crippen molar-refractivity contribution in [2.45, 2.75) is 19.7 Å². The second-order valence-electron chi connectivity index (χ2n) is 7.12. The molecule has 0 aliphatic heterocycles. The van der Waals surface area contributed by atoms with E-state index in [0.29, 0.717) is 13.2 Å². The van der Waals surface area contributed by atoms with Gasteiger partial charge in [0.1, 0.15) is 12.4 Å². The highest BCUT2D eigenvalue weighted by Crippen LogP contribution is 2.18. The summed E-state index contributed by atoms with van der Waals surface area (Å²) in [5, 5.41) is 5.85. The molecule has 3 aromatic rings. The van der Waals surface area contributed by atoms with Crippen LogP contribution in [0.5, 0.6) is 5.75 Å². The molecule has 0 fully saturated rings. The van der Waals surface area contributed by atoms with Crippen LogP contribution in [-0.4, -0.2) is 25.0 Å². The van der Waals surface area contributed by atoms with Gasteiger partial charge in [-0.15, -0.1) is 0 Å². The van der Waals surface area contributed by atoms with E-state index >= 15 is 0 Å². The minimum Gasteiger partial charge on any atom is -0.489 e. The fourth-order valence-electron chi connectivity index (χ4n) is 3.00. The Morgan fingerprint density at radius 2 is 1.62 bits per heavy atom. The summed E-state index contributed by atoms with van der Waals surface area (Å²) in [6.07, 6.45) is 0. The molecule has 0 saturated heterocycles. The molecule has 0 radical (unpaired) electrons. The van der Waals surface area contributed by atoms with Gasteiger partial charge in [-0.2, -0.15) is 0 Å². The number of nitrogens with one attached hydrogen (secondary N) is 2. The first-order valence-corrected chi connectivity index (χ1v) is 9.63. The third-order valence-corrected chi connectivity index (χ3v) is 4.35. The van der Waals surface area contributed by atoms with E-state index in [-0.39, 0.29) is 6.03 Å². The van der Waals surface area contributed by atoms with Crippen LogP contribution >= 0.6 is 0 Å². The van der Waals surface area contributed by atoms with E-state index in [1.54, 1.807) is 0 Å². The molecule has 29 heavy (non-hydrogen) atoms. The Kier molecular flexibility index (Phi) is 7.25. The number of rotatable bonds is 8. The minimum absolute atomic E-state index is 0.241. The molecule has 3 rings (SSSR count). The summed E-state index contributed by atoms with van der Waals surface area (Å²) in [7, 11) is 4.08. The number of benzene rings is 3. The summed E-state index contributed by atoms with van der Waals surface area (Å²) < 4.78 is 5.81. The van der Waals surface area contributed by atoms with E-state index in [1.807, 2.05) is 80.8 Å². The first kappa shape index (κ1) is 20.4. The topological polar surface area (TPSA) is 53.6 Å². The quantitative estimate of drug-likeness (QED) is 0.590. The van der Waals surface area contributed by atoms with Crippen molar-refractivity contribution >= 4 is 11.7 Å². The van der Waals surface area contributed by atoms with Crippen molar-refractivity contribution in [3.8, 4) is 5.75 Å². The molecule has 5 nitrogen and oxygen atoms in total. The molecule has 5 heteroatoms. The average molecular weight is 389 g/mol. The molecule has 0 unspecified atom stereocenters. The number of nitrogens with zero attached hydrogens (tertiary/aromatic N) is 1. The summed E-state index contributed by atoms with van der Waals surface area (Å²) >= 11 is 0. The summed E-state index contributed by atoms with van der Waals surface area (Å²) in [6, 6.07) is 25.3. The number of hydrogen-bond donors (Lipinski definition) is 2. The number of hydrogen-bond acceptors (Lipinski definition) is 3. The standard InChI is InChI=1S/C24H27N3O2/c1-27(2)17-20-10-8-9-19(15-20)16-25-24(28)26-23-14-7-6-11-21(23)18-29-22-12-4-3-5-13-22/h3-15H,16-18H2,1-2H3,(H2,25,26,28). The molecule has 2 N–H and O–H groups in total. The predicted octanol–water partition coefficient (Wildman–Crippen LogP) is 4.65. The van der Waals surface area contributed by atoms with Crippen molar-refractivity contribution in [1.29, 1.82) is 0 Å². The maximum absolute atomic E-state index is 12.4. The van der Waals surface area contributed by atoms with E-state index in [9.17, 15) is 4.79 Å². The molecule has 0 aliphatic rings. The molecule has 3 aromatic carbocycles. The van der Waals surface area contributed by atoms with Gasteiger partial charge < -0.3 is 20.3 Å². The zero-order valence-corrected chi connectivity index (χ0v) is 16.9. The average Bonchev–Trinajstić information content (AvgIpc) is 2.72. The second-order valence-corrected chi connectivity index (χ2v) is 7.12. The summed E-state index contributed by atoms with van der Waals surface area (Å²) in [4.78, 5) is 14.5. The summed E-state index contributed by atoms with van der Waals surface area (Å²) in [5.41, 5.74) is 3.94. The van der Waals surface area contributed by atoms with Crippen LogP contribution in [0.3, 0.4) is 0 Å². The summed E-state index contributed by atoms with van der Waals surface area (Å²) in [6.45, 7) is 1.72. The van der Waals surface area contributed by atoms with Gasteiger partial charge in [-0.05, 0) is 43.4 Å². The van der Waals surface area contributed by atoms with Crippen LogP contribution in [0.15, 0.2) is 78.9 Å². The van der Waals surface area contributed by atoms with Gasteiger partial charge >= 0.3 is 6.03 Å². The fourth-order valence-corrected chi connectivity index (χ4v) is 3.00. The monoisotopic (exact) mass is 389 g/mol. The smallest absolute Gasteiger partial charge is 0.319 e. The Hall–Kier alpha value is -3.31. The first-order valence-electron chi connectivity index (χ1n) is 9.63. The van der Waals surface area contributed by atoms with Crippen LogP contribution in [0.2, 0.25) is 0 Å². The molecule has 0 heterocycles. The molecule has 0 aliphatic carbocycles. The van der Waals surface area contributed by atoms with Gasteiger partial charge in [0.15, 0.2) is 0 Å². The molecule has 0 aromatic heterocycles. The summed E-state index contributed by atoms with van der Waals surface area (Å²) in [5.74, 6) is 0.796. The molecule has 0 atom stereocenters. The second kappa shape index (κ2) is 10.3. The normalized spacial score (nSPS) is 10.6. The molecule has 0 spiro atoms. The molecular formula is C24H27N3O2. The van der Waals surface area contributed by atoms with Crippen molar-refractivity contribution in [1.82, 2.24) is 10.2 Å². The zero-order chi connectivity index (χ0) is 20.5.